The lowest BCUT2D eigenvalue weighted by molar-refractivity contribution is -0.384. The third-order valence-electron chi connectivity index (χ3n) is 2.75. The van der Waals surface area contributed by atoms with Gasteiger partial charge in [0.05, 0.1) is 11.1 Å². The predicted octanol–water partition coefficient (Wildman–Crippen LogP) is 2.17. The monoisotopic (exact) mass is 246 g/mol. The molecule has 0 aliphatic rings. The Labute approximate surface area is 104 Å². The van der Waals surface area contributed by atoms with E-state index in [4.69, 9.17) is 0 Å². The molecule has 6 nitrogen and oxygen atoms in total. The standard InChI is InChI=1S/C12H14N4O2/c1-9(13-6-10-7-14-15-8-10)11-3-2-4-12(5-11)16(17)18/h2-5,7-9,13H,6H2,1H3,(H,14,15). The molecule has 0 saturated heterocycles. The van der Waals surface area contributed by atoms with Crippen LogP contribution in [0, 0.1) is 10.1 Å². The van der Waals surface area contributed by atoms with Gasteiger partial charge in [0.2, 0.25) is 0 Å². The number of non-ortho nitro benzene ring substituents is 1. The van der Waals surface area contributed by atoms with Gasteiger partial charge in [-0.25, -0.2) is 0 Å². The summed E-state index contributed by atoms with van der Waals surface area (Å²) in [4.78, 5) is 10.3. The number of aromatic nitrogens is 2. The fourth-order valence-corrected chi connectivity index (χ4v) is 1.67. The third kappa shape index (κ3) is 2.92. The summed E-state index contributed by atoms with van der Waals surface area (Å²) in [6, 6.07) is 6.70. The Morgan fingerprint density at radius 1 is 1.56 bits per heavy atom. The fraction of sp³-hybridized carbons (Fsp3) is 0.250. The summed E-state index contributed by atoms with van der Waals surface area (Å²) >= 11 is 0. The Morgan fingerprint density at radius 3 is 3.06 bits per heavy atom. The molecule has 1 aromatic heterocycles. The van der Waals surface area contributed by atoms with Crippen molar-refractivity contribution < 1.29 is 4.92 Å². The molecule has 2 aromatic rings. The molecule has 1 aromatic carbocycles. The molecular weight excluding hydrogens is 232 g/mol. The molecule has 0 aliphatic carbocycles. The molecule has 0 saturated carbocycles. The highest BCUT2D eigenvalue weighted by Crippen LogP contribution is 2.19. The van der Waals surface area contributed by atoms with Crippen molar-refractivity contribution in [1.82, 2.24) is 15.5 Å². The molecule has 6 heteroatoms. The molecule has 0 spiro atoms. The summed E-state index contributed by atoms with van der Waals surface area (Å²) in [6.45, 7) is 2.64. The molecule has 0 aliphatic heterocycles. The first-order chi connectivity index (χ1) is 8.66. The number of nitrogens with one attached hydrogen (secondary N) is 2. The van der Waals surface area contributed by atoms with Gasteiger partial charge in [0.1, 0.15) is 0 Å². The second-order valence-electron chi connectivity index (χ2n) is 4.06. The Morgan fingerprint density at radius 2 is 2.39 bits per heavy atom. The van der Waals surface area contributed by atoms with E-state index in [2.05, 4.69) is 15.5 Å². The fourth-order valence-electron chi connectivity index (χ4n) is 1.67. The van der Waals surface area contributed by atoms with Gasteiger partial charge in [-0.3, -0.25) is 15.2 Å². The number of nitrogens with zero attached hydrogens (tertiary/aromatic N) is 2. The second-order valence-corrected chi connectivity index (χ2v) is 4.06. The average Bonchev–Trinajstić information content (AvgIpc) is 2.89. The van der Waals surface area contributed by atoms with Crippen LogP contribution in [0.4, 0.5) is 5.69 Å². The van der Waals surface area contributed by atoms with E-state index in [1.165, 1.54) is 6.07 Å². The van der Waals surface area contributed by atoms with Gasteiger partial charge in [-0.05, 0) is 12.5 Å². The SMILES string of the molecule is CC(NCc1cn[nH]c1)c1cccc([N+](=O)[O-])c1. The summed E-state index contributed by atoms with van der Waals surface area (Å²) in [5, 5.41) is 20.6. The summed E-state index contributed by atoms with van der Waals surface area (Å²) in [6.07, 6.45) is 3.56. The van der Waals surface area contributed by atoms with Crippen molar-refractivity contribution in [2.75, 3.05) is 0 Å². The zero-order valence-corrected chi connectivity index (χ0v) is 9.96. The molecule has 1 unspecified atom stereocenters. The van der Waals surface area contributed by atoms with Crippen LogP contribution in [0.2, 0.25) is 0 Å². The van der Waals surface area contributed by atoms with Crippen LogP contribution in [-0.4, -0.2) is 15.1 Å². The summed E-state index contributed by atoms with van der Waals surface area (Å²) < 4.78 is 0. The summed E-state index contributed by atoms with van der Waals surface area (Å²) in [5.74, 6) is 0. The van der Waals surface area contributed by atoms with E-state index in [9.17, 15) is 10.1 Å². The highest BCUT2D eigenvalue weighted by Gasteiger charge is 2.10. The zero-order valence-electron chi connectivity index (χ0n) is 9.96. The maximum absolute atomic E-state index is 10.7. The third-order valence-corrected chi connectivity index (χ3v) is 2.75. The lowest BCUT2D eigenvalue weighted by atomic mass is 10.1. The average molecular weight is 246 g/mol. The van der Waals surface area contributed by atoms with E-state index in [1.807, 2.05) is 19.2 Å². The molecule has 2 rings (SSSR count). The van der Waals surface area contributed by atoms with E-state index in [0.29, 0.717) is 6.54 Å². The van der Waals surface area contributed by atoms with Gasteiger partial charge in [0.15, 0.2) is 0 Å². The van der Waals surface area contributed by atoms with Crippen molar-refractivity contribution >= 4 is 5.69 Å². The molecule has 0 fully saturated rings. The van der Waals surface area contributed by atoms with E-state index in [-0.39, 0.29) is 16.7 Å². The number of rotatable bonds is 5. The Balaban J connectivity index is 2.02. The molecule has 0 amide bonds. The van der Waals surface area contributed by atoms with Gasteiger partial charge in [-0.2, -0.15) is 5.10 Å². The van der Waals surface area contributed by atoms with Crippen molar-refractivity contribution in [3.05, 3.63) is 57.9 Å². The van der Waals surface area contributed by atoms with Crippen LogP contribution in [0.3, 0.4) is 0 Å². The Hall–Kier alpha value is -2.21. The van der Waals surface area contributed by atoms with Gasteiger partial charge < -0.3 is 5.32 Å². The first-order valence-electron chi connectivity index (χ1n) is 5.62. The van der Waals surface area contributed by atoms with Gasteiger partial charge >= 0.3 is 0 Å². The highest BCUT2D eigenvalue weighted by atomic mass is 16.6. The lowest BCUT2D eigenvalue weighted by Gasteiger charge is -2.13. The Bertz CT molecular complexity index is 525. The lowest BCUT2D eigenvalue weighted by Crippen LogP contribution is -2.17. The predicted molar refractivity (Wildman–Crippen MR) is 66.9 cm³/mol. The van der Waals surface area contributed by atoms with Crippen molar-refractivity contribution in [3.8, 4) is 0 Å². The van der Waals surface area contributed by atoms with Crippen LogP contribution in [0.1, 0.15) is 24.1 Å². The van der Waals surface area contributed by atoms with E-state index < -0.39 is 0 Å². The molecule has 0 radical (unpaired) electrons. The van der Waals surface area contributed by atoms with Crippen LogP contribution >= 0.6 is 0 Å². The minimum Gasteiger partial charge on any atom is -0.306 e. The highest BCUT2D eigenvalue weighted by molar-refractivity contribution is 5.35. The molecule has 2 N–H and O–H groups in total. The normalized spacial score (nSPS) is 12.3. The molecule has 1 atom stereocenters. The number of H-pyrrole nitrogens is 1. The second kappa shape index (κ2) is 5.42. The molecule has 18 heavy (non-hydrogen) atoms. The van der Waals surface area contributed by atoms with E-state index >= 15 is 0 Å². The number of aromatic amines is 1. The minimum absolute atomic E-state index is 0.0415. The van der Waals surface area contributed by atoms with Crippen LogP contribution in [0.25, 0.3) is 0 Å². The summed E-state index contributed by atoms with van der Waals surface area (Å²) in [5.41, 5.74) is 2.06. The maximum atomic E-state index is 10.7. The van der Waals surface area contributed by atoms with Gasteiger partial charge in [0, 0.05) is 36.5 Å². The molecule has 0 bridgehead atoms. The maximum Gasteiger partial charge on any atom is 0.269 e. The van der Waals surface area contributed by atoms with Crippen molar-refractivity contribution in [2.45, 2.75) is 19.5 Å². The number of nitro groups is 1. The van der Waals surface area contributed by atoms with Gasteiger partial charge in [0.25, 0.3) is 5.69 Å². The number of benzene rings is 1. The zero-order chi connectivity index (χ0) is 13.0. The first-order valence-corrected chi connectivity index (χ1v) is 5.62. The smallest absolute Gasteiger partial charge is 0.269 e. The quantitative estimate of drug-likeness (QED) is 0.625. The topological polar surface area (TPSA) is 83.8 Å². The van der Waals surface area contributed by atoms with Crippen molar-refractivity contribution in [1.29, 1.82) is 0 Å². The Kier molecular flexibility index (Phi) is 3.69. The number of hydrogen-bond donors (Lipinski definition) is 2. The van der Waals surface area contributed by atoms with Crippen LogP contribution in [0.15, 0.2) is 36.7 Å². The molecule has 94 valence electrons. The number of nitro benzene ring substituents is 1. The van der Waals surface area contributed by atoms with Crippen molar-refractivity contribution in [2.24, 2.45) is 0 Å². The molecular formula is C12H14N4O2. The summed E-state index contributed by atoms with van der Waals surface area (Å²) in [7, 11) is 0. The number of hydrogen-bond acceptors (Lipinski definition) is 4. The minimum atomic E-state index is -0.383. The van der Waals surface area contributed by atoms with Crippen LogP contribution < -0.4 is 5.32 Å². The van der Waals surface area contributed by atoms with Crippen LogP contribution in [-0.2, 0) is 6.54 Å². The molecule has 1 heterocycles. The van der Waals surface area contributed by atoms with E-state index in [0.717, 1.165) is 11.1 Å². The van der Waals surface area contributed by atoms with Crippen molar-refractivity contribution in [3.63, 3.8) is 0 Å². The van der Waals surface area contributed by atoms with Gasteiger partial charge in [-0.1, -0.05) is 12.1 Å². The van der Waals surface area contributed by atoms with Gasteiger partial charge in [-0.15, -0.1) is 0 Å². The van der Waals surface area contributed by atoms with Crippen LogP contribution in [0.5, 0.6) is 0 Å². The van der Waals surface area contributed by atoms with E-state index in [1.54, 1.807) is 18.3 Å². The first kappa shape index (κ1) is 12.3. The largest absolute Gasteiger partial charge is 0.306 e.